The lowest BCUT2D eigenvalue weighted by Gasteiger charge is -2.42. The van der Waals surface area contributed by atoms with E-state index < -0.39 is 0 Å². The number of hydrogen-bond acceptors (Lipinski definition) is 3. The standard InChI is InChI=1S/C14H28N4/c1-7-10-15-13(12-9-11-18(6)16-12)14(3,8-2)17(4)5/h9,11,13,15H,7-8,10H2,1-6H3. The molecule has 2 unspecified atom stereocenters. The molecule has 0 spiro atoms. The lowest BCUT2D eigenvalue weighted by molar-refractivity contribution is 0.110. The van der Waals surface area contributed by atoms with Crippen LogP contribution in [0.3, 0.4) is 0 Å². The van der Waals surface area contributed by atoms with Crippen LogP contribution in [0.4, 0.5) is 0 Å². The van der Waals surface area contributed by atoms with E-state index in [9.17, 15) is 0 Å². The van der Waals surface area contributed by atoms with E-state index in [-0.39, 0.29) is 11.6 Å². The summed E-state index contributed by atoms with van der Waals surface area (Å²) in [4.78, 5) is 2.30. The molecule has 4 nitrogen and oxygen atoms in total. The Morgan fingerprint density at radius 2 is 2.11 bits per heavy atom. The molecular formula is C14H28N4. The molecule has 1 rings (SSSR count). The first-order chi connectivity index (χ1) is 8.45. The van der Waals surface area contributed by atoms with E-state index in [4.69, 9.17) is 0 Å². The Balaban J connectivity index is 3.03. The third kappa shape index (κ3) is 3.12. The first-order valence-electron chi connectivity index (χ1n) is 6.86. The molecule has 0 aliphatic rings. The van der Waals surface area contributed by atoms with Crippen LogP contribution in [0, 0.1) is 0 Å². The third-order valence-electron chi connectivity index (χ3n) is 3.99. The van der Waals surface area contributed by atoms with Crippen molar-refractivity contribution in [2.45, 2.75) is 45.2 Å². The lowest BCUT2D eigenvalue weighted by atomic mass is 9.86. The zero-order valence-corrected chi connectivity index (χ0v) is 12.7. The number of aryl methyl sites for hydroxylation is 1. The Kier molecular flexibility index (Phi) is 5.35. The minimum Gasteiger partial charge on any atom is -0.307 e. The van der Waals surface area contributed by atoms with Crippen molar-refractivity contribution < 1.29 is 0 Å². The smallest absolute Gasteiger partial charge is 0.0812 e. The van der Waals surface area contributed by atoms with Gasteiger partial charge in [-0.2, -0.15) is 5.10 Å². The largest absolute Gasteiger partial charge is 0.307 e. The fraction of sp³-hybridized carbons (Fsp3) is 0.786. The average Bonchev–Trinajstić information content (AvgIpc) is 2.75. The van der Waals surface area contributed by atoms with Crippen LogP contribution in [-0.4, -0.2) is 40.9 Å². The van der Waals surface area contributed by atoms with Gasteiger partial charge in [0.25, 0.3) is 0 Å². The highest BCUT2D eigenvalue weighted by Crippen LogP contribution is 2.31. The number of likely N-dealkylation sites (N-methyl/N-ethyl adjacent to an activating group) is 1. The van der Waals surface area contributed by atoms with Crippen LogP contribution in [-0.2, 0) is 7.05 Å². The molecule has 0 aromatic carbocycles. The van der Waals surface area contributed by atoms with Crippen molar-refractivity contribution in [3.63, 3.8) is 0 Å². The number of nitrogens with one attached hydrogen (secondary N) is 1. The highest BCUT2D eigenvalue weighted by Gasteiger charge is 2.36. The molecule has 0 amide bonds. The minimum absolute atomic E-state index is 0.0729. The SMILES string of the molecule is CCCNC(c1ccn(C)n1)C(C)(CC)N(C)C. The van der Waals surface area contributed by atoms with Crippen LogP contribution in [0.15, 0.2) is 12.3 Å². The second-order valence-corrected chi connectivity index (χ2v) is 5.41. The molecule has 104 valence electrons. The van der Waals surface area contributed by atoms with Crippen LogP contribution in [0.25, 0.3) is 0 Å². The van der Waals surface area contributed by atoms with Gasteiger partial charge in [0, 0.05) is 18.8 Å². The molecule has 0 aliphatic heterocycles. The molecule has 0 radical (unpaired) electrons. The molecule has 1 aromatic rings. The normalized spacial score (nSPS) is 16.8. The van der Waals surface area contributed by atoms with Crippen molar-refractivity contribution in [2.75, 3.05) is 20.6 Å². The zero-order valence-electron chi connectivity index (χ0n) is 12.7. The molecule has 1 N–H and O–H groups in total. The summed E-state index contributed by atoms with van der Waals surface area (Å²) in [5, 5.41) is 8.24. The summed E-state index contributed by atoms with van der Waals surface area (Å²) in [6.45, 7) is 7.75. The van der Waals surface area contributed by atoms with E-state index in [1.165, 1.54) is 0 Å². The maximum atomic E-state index is 4.59. The van der Waals surface area contributed by atoms with E-state index in [1.54, 1.807) is 0 Å². The Labute approximate surface area is 111 Å². The summed E-state index contributed by atoms with van der Waals surface area (Å²) in [5.74, 6) is 0. The van der Waals surface area contributed by atoms with Crippen LogP contribution in [0.2, 0.25) is 0 Å². The summed E-state index contributed by atoms with van der Waals surface area (Å²) in [6.07, 6.45) is 4.23. The molecule has 0 bridgehead atoms. The van der Waals surface area contributed by atoms with Crippen molar-refractivity contribution in [3.05, 3.63) is 18.0 Å². The summed E-state index contributed by atoms with van der Waals surface area (Å²) < 4.78 is 1.88. The molecule has 0 aliphatic carbocycles. The summed E-state index contributed by atoms with van der Waals surface area (Å²) >= 11 is 0. The summed E-state index contributed by atoms with van der Waals surface area (Å²) in [5.41, 5.74) is 1.20. The molecule has 2 atom stereocenters. The molecule has 0 saturated heterocycles. The van der Waals surface area contributed by atoms with E-state index in [0.29, 0.717) is 0 Å². The van der Waals surface area contributed by atoms with Gasteiger partial charge in [-0.25, -0.2) is 0 Å². The molecule has 1 heterocycles. The Morgan fingerprint density at radius 3 is 2.50 bits per heavy atom. The number of aromatic nitrogens is 2. The van der Waals surface area contributed by atoms with E-state index in [1.807, 2.05) is 17.9 Å². The number of hydrogen-bond donors (Lipinski definition) is 1. The molecule has 0 saturated carbocycles. The van der Waals surface area contributed by atoms with Gasteiger partial charge in [-0.15, -0.1) is 0 Å². The van der Waals surface area contributed by atoms with Gasteiger partial charge < -0.3 is 10.2 Å². The van der Waals surface area contributed by atoms with Gasteiger partial charge in [-0.05, 0) is 46.5 Å². The summed E-state index contributed by atoms with van der Waals surface area (Å²) in [7, 11) is 6.26. The second-order valence-electron chi connectivity index (χ2n) is 5.41. The quantitative estimate of drug-likeness (QED) is 0.807. The van der Waals surface area contributed by atoms with Gasteiger partial charge >= 0.3 is 0 Å². The highest BCUT2D eigenvalue weighted by atomic mass is 15.3. The van der Waals surface area contributed by atoms with Gasteiger partial charge in [0.1, 0.15) is 0 Å². The van der Waals surface area contributed by atoms with E-state index in [2.05, 4.69) is 56.2 Å². The number of nitrogens with zero attached hydrogens (tertiary/aromatic N) is 3. The predicted octanol–water partition coefficient (Wildman–Crippen LogP) is 2.19. The zero-order chi connectivity index (χ0) is 13.8. The minimum atomic E-state index is 0.0729. The molecular weight excluding hydrogens is 224 g/mol. The van der Waals surface area contributed by atoms with Crippen molar-refractivity contribution in [2.24, 2.45) is 7.05 Å². The fourth-order valence-electron chi connectivity index (χ4n) is 2.30. The number of rotatable bonds is 7. The van der Waals surface area contributed by atoms with Crippen molar-refractivity contribution >= 4 is 0 Å². The Bertz CT molecular complexity index is 358. The predicted molar refractivity (Wildman–Crippen MR) is 76.6 cm³/mol. The van der Waals surface area contributed by atoms with Crippen LogP contribution < -0.4 is 5.32 Å². The van der Waals surface area contributed by atoms with Gasteiger partial charge in [-0.1, -0.05) is 13.8 Å². The maximum Gasteiger partial charge on any atom is 0.0812 e. The first kappa shape index (κ1) is 15.2. The van der Waals surface area contributed by atoms with Gasteiger partial charge in [0.15, 0.2) is 0 Å². The van der Waals surface area contributed by atoms with Crippen molar-refractivity contribution in [3.8, 4) is 0 Å². The van der Waals surface area contributed by atoms with Crippen LogP contribution >= 0.6 is 0 Å². The van der Waals surface area contributed by atoms with E-state index in [0.717, 1.165) is 25.1 Å². The van der Waals surface area contributed by atoms with Crippen LogP contribution in [0.5, 0.6) is 0 Å². The fourth-order valence-corrected chi connectivity index (χ4v) is 2.30. The van der Waals surface area contributed by atoms with Gasteiger partial charge in [0.2, 0.25) is 0 Å². The first-order valence-corrected chi connectivity index (χ1v) is 6.86. The summed E-state index contributed by atoms with van der Waals surface area (Å²) in [6, 6.07) is 2.38. The molecule has 0 fully saturated rings. The average molecular weight is 252 g/mol. The topological polar surface area (TPSA) is 33.1 Å². The molecule has 18 heavy (non-hydrogen) atoms. The Morgan fingerprint density at radius 1 is 1.44 bits per heavy atom. The lowest BCUT2D eigenvalue weighted by Crippen LogP contribution is -2.51. The van der Waals surface area contributed by atoms with Crippen LogP contribution in [0.1, 0.15) is 45.3 Å². The van der Waals surface area contributed by atoms with E-state index >= 15 is 0 Å². The highest BCUT2D eigenvalue weighted by molar-refractivity contribution is 5.13. The molecule has 1 aromatic heterocycles. The third-order valence-corrected chi connectivity index (χ3v) is 3.99. The van der Waals surface area contributed by atoms with Crippen molar-refractivity contribution in [1.82, 2.24) is 20.0 Å². The Hall–Kier alpha value is -0.870. The van der Waals surface area contributed by atoms with Gasteiger partial charge in [-0.3, -0.25) is 4.68 Å². The monoisotopic (exact) mass is 252 g/mol. The van der Waals surface area contributed by atoms with Crippen molar-refractivity contribution in [1.29, 1.82) is 0 Å². The molecule has 4 heteroatoms. The van der Waals surface area contributed by atoms with Gasteiger partial charge in [0.05, 0.1) is 11.7 Å². The second kappa shape index (κ2) is 6.34. The maximum absolute atomic E-state index is 4.59.